The number of carbonyl (C=O) groups is 1. The van der Waals surface area contributed by atoms with Gasteiger partial charge in [0.05, 0.1) is 17.0 Å². The lowest BCUT2D eigenvalue weighted by Crippen LogP contribution is -2.39. The van der Waals surface area contributed by atoms with Gasteiger partial charge in [0.25, 0.3) is 5.91 Å². The van der Waals surface area contributed by atoms with Crippen LogP contribution >= 0.6 is 0 Å². The fourth-order valence-electron chi connectivity index (χ4n) is 2.52. The van der Waals surface area contributed by atoms with Crippen LogP contribution in [-0.4, -0.2) is 47.7 Å². The van der Waals surface area contributed by atoms with Crippen LogP contribution in [0, 0.1) is 19.8 Å². The van der Waals surface area contributed by atoms with Gasteiger partial charge in [-0.2, -0.15) is 10.2 Å². The van der Waals surface area contributed by atoms with E-state index in [2.05, 4.69) is 15.5 Å². The first-order valence-electron chi connectivity index (χ1n) is 6.85. The lowest BCUT2D eigenvalue weighted by atomic mass is 9.99. The van der Waals surface area contributed by atoms with Crippen LogP contribution in [0.15, 0.2) is 6.07 Å². The number of aromatic nitrogens is 2. The minimum Gasteiger partial charge on any atom is -0.341 e. The third-order valence-electron chi connectivity index (χ3n) is 3.61. The van der Waals surface area contributed by atoms with Crippen LogP contribution in [0.2, 0.25) is 0 Å². The van der Waals surface area contributed by atoms with Gasteiger partial charge in [0.15, 0.2) is 0 Å². The summed E-state index contributed by atoms with van der Waals surface area (Å²) in [4.78, 5) is 14.2. The van der Waals surface area contributed by atoms with E-state index in [4.69, 9.17) is 0 Å². The van der Waals surface area contributed by atoms with E-state index in [-0.39, 0.29) is 5.91 Å². The number of hydrogen-bond acceptors (Lipinski definition) is 4. The number of piperidine rings is 1. The molecule has 1 aliphatic rings. The number of hydrogen-bond donors (Lipinski definition) is 1. The van der Waals surface area contributed by atoms with Crippen LogP contribution in [0.3, 0.4) is 0 Å². The van der Waals surface area contributed by atoms with E-state index < -0.39 is 0 Å². The molecule has 2 heterocycles. The van der Waals surface area contributed by atoms with Crippen molar-refractivity contribution >= 4 is 5.91 Å². The smallest absolute Gasteiger partial charge is 0.255 e. The first-order valence-corrected chi connectivity index (χ1v) is 6.85. The molecule has 0 radical (unpaired) electrons. The predicted molar refractivity (Wildman–Crippen MR) is 74.1 cm³/mol. The monoisotopic (exact) mass is 262 g/mol. The molecule has 1 saturated heterocycles. The Morgan fingerprint density at radius 2 is 2.26 bits per heavy atom. The fraction of sp³-hybridized carbons (Fsp3) is 0.643. The summed E-state index contributed by atoms with van der Waals surface area (Å²) in [6.45, 7) is 6.58. The molecule has 0 aromatic carbocycles. The van der Waals surface area contributed by atoms with Crippen molar-refractivity contribution in [1.82, 2.24) is 20.4 Å². The van der Waals surface area contributed by atoms with E-state index in [0.29, 0.717) is 17.2 Å². The third kappa shape index (κ3) is 3.50. The van der Waals surface area contributed by atoms with Gasteiger partial charge in [0.2, 0.25) is 0 Å². The lowest BCUT2D eigenvalue weighted by Gasteiger charge is -2.27. The Morgan fingerprint density at radius 1 is 1.47 bits per heavy atom. The van der Waals surface area contributed by atoms with E-state index in [0.717, 1.165) is 25.3 Å². The second-order valence-electron chi connectivity index (χ2n) is 5.38. The first kappa shape index (κ1) is 13.9. The molecule has 0 aliphatic carbocycles. The molecule has 1 aliphatic heterocycles. The van der Waals surface area contributed by atoms with Crippen LogP contribution in [0.25, 0.3) is 0 Å². The van der Waals surface area contributed by atoms with Gasteiger partial charge in [0.1, 0.15) is 0 Å². The Bertz CT molecular complexity index is 455. The summed E-state index contributed by atoms with van der Waals surface area (Å²) in [6.07, 6.45) is 2.39. The molecule has 1 aromatic heterocycles. The summed E-state index contributed by atoms with van der Waals surface area (Å²) >= 11 is 0. The summed E-state index contributed by atoms with van der Waals surface area (Å²) < 4.78 is 0. The molecular formula is C14H22N4O. The zero-order valence-corrected chi connectivity index (χ0v) is 11.9. The normalized spacial score (nSPS) is 19.2. The maximum absolute atomic E-state index is 12.4. The molecule has 5 nitrogen and oxygen atoms in total. The Kier molecular flexibility index (Phi) is 4.47. The largest absolute Gasteiger partial charge is 0.341 e. The van der Waals surface area contributed by atoms with Gasteiger partial charge >= 0.3 is 0 Å². The molecule has 5 heteroatoms. The highest BCUT2D eigenvalue weighted by Crippen LogP contribution is 2.14. The minimum atomic E-state index is 0.0427. The van der Waals surface area contributed by atoms with Crippen molar-refractivity contribution in [2.24, 2.45) is 5.92 Å². The SMILES string of the molecule is Cc1cc(C(=O)N(C)CC2CCCNC2)c(C)nn1. The van der Waals surface area contributed by atoms with Crippen LogP contribution in [0.4, 0.5) is 0 Å². The maximum atomic E-state index is 12.4. The average molecular weight is 262 g/mol. The highest BCUT2D eigenvalue weighted by molar-refractivity contribution is 5.95. The second-order valence-corrected chi connectivity index (χ2v) is 5.38. The predicted octanol–water partition coefficient (Wildman–Crippen LogP) is 1.17. The van der Waals surface area contributed by atoms with Gasteiger partial charge < -0.3 is 10.2 Å². The third-order valence-corrected chi connectivity index (χ3v) is 3.61. The Hall–Kier alpha value is -1.49. The van der Waals surface area contributed by atoms with Gasteiger partial charge in [0, 0.05) is 13.6 Å². The molecular weight excluding hydrogens is 240 g/mol. The minimum absolute atomic E-state index is 0.0427. The molecule has 19 heavy (non-hydrogen) atoms. The number of aryl methyl sites for hydroxylation is 2. The van der Waals surface area contributed by atoms with Crippen molar-refractivity contribution in [2.75, 3.05) is 26.7 Å². The molecule has 0 saturated carbocycles. The highest BCUT2D eigenvalue weighted by atomic mass is 16.2. The van der Waals surface area contributed by atoms with Crippen molar-refractivity contribution < 1.29 is 4.79 Å². The fourth-order valence-corrected chi connectivity index (χ4v) is 2.52. The maximum Gasteiger partial charge on any atom is 0.255 e. The summed E-state index contributed by atoms with van der Waals surface area (Å²) in [5.74, 6) is 0.597. The molecule has 0 bridgehead atoms. The van der Waals surface area contributed by atoms with Gasteiger partial charge in [-0.3, -0.25) is 4.79 Å². The number of nitrogens with one attached hydrogen (secondary N) is 1. The Balaban J connectivity index is 2.03. The standard InChI is InChI=1S/C14H22N4O/c1-10-7-13(11(2)17-16-10)14(19)18(3)9-12-5-4-6-15-8-12/h7,12,15H,4-6,8-9H2,1-3H3. The van der Waals surface area contributed by atoms with E-state index >= 15 is 0 Å². The molecule has 1 fully saturated rings. The van der Waals surface area contributed by atoms with Crippen molar-refractivity contribution in [2.45, 2.75) is 26.7 Å². The van der Waals surface area contributed by atoms with Crippen molar-refractivity contribution in [3.05, 3.63) is 23.0 Å². The van der Waals surface area contributed by atoms with Gasteiger partial charge in [-0.25, -0.2) is 0 Å². The molecule has 0 spiro atoms. The number of amides is 1. The van der Waals surface area contributed by atoms with Crippen LogP contribution in [-0.2, 0) is 0 Å². The molecule has 2 rings (SSSR count). The van der Waals surface area contributed by atoms with Crippen molar-refractivity contribution in [1.29, 1.82) is 0 Å². The number of rotatable bonds is 3. The first-order chi connectivity index (χ1) is 9.08. The van der Waals surface area contributed by atoms with Gasteiger partial charge in [-0.05, 0) is 51.8 Å². The summed E-state index contributed by atoms with van der Waals surface area (Å²) in [7, 11) is 1.87. The zero-order chi connectivity index (χ0) is 13.8. The van der Waals surface area contributed by atoms with E-state index in [1.54, 1.807) is 4.90 Å². The van der Waals surface area contributed by atoms with Crippen LogP contribution in [0.1, 0.15) is 34.6 Å². The molecule has 1 N–H and O–H groups in total. The molecule has 1 unspecified atom stereocenters. The molecule has 1 atom stereocenters. The van der Waals surface area contributed by atoms with Crippen LogP contribution < -0.4 is 5.32 Å². The second kappa shape index (κ2) is 6.10. The molecule has 1 amide bonds. The summed E-state index contributed by atoms with van der Waals surface area (Å²) in [6, 6.07) is 1.82. The van der Waals surface area contributed by atoms with Gasteiger partial charge in [-0.15, -0.1) is 0 Å². The molecule has 1 aromatic rings. The summed E-state index contributed by atoms with van der Waals surface area (Å²) in [5.41, 5.74) is 2.14. The van der Waals surface area contributed by atoms with Crippen molar-refractivity contribution in [3.63, 3.8) is 0 Å². The van der Waals surface area contributed by atoms with E-state index in [1.807, 2.05) is 27.0 Å². The lowest BCUT2D eigenvalue weighted by molar-refractivity contribution is 0.0763. The van der Waals surface area contributed by atoms with Gasteiger partial charge in [-0.1, -0.05) is 0 Å². The van der Waals surface area contributed by atoms with Crippen molar-refractivity contribution in [3.8, 4) is 0 Å². The summed E-state index contributed by atoms with van der Waals surface area (Å²) in [5, 5.41) is 11.4. The zero-order valence-electron chi connectivity index (χ0n) is 11.9. The van der Waals surface area contributed by atoms with E-state index in [1.165, 1.54) is 12.8 Å². The number of carbonyl (C=O) groups excluding carboxylic acids is 1. The highest BCUT2D eigenvalue weighted by Gasteiger charge is 2.20. The quantitative estimate of drug-likeness (QED) is 0.888. The average Bonchev–Trinajstić information content (AvgIpc) is 2.42. The molecule has 104 valence electrons. The number of nitrogens with zero attached hydrogens (tertiary/aromatic N) is 3. The van der Waals surface area contributed by atoms with E-state index in [9.17, 15) is 4.79 Å². The topological polar surface area (TPSA) is 58.1 Å². The Labute approximate surface area is 114 Å². The Morgan fingerprint density at radius 3 is 2.95 bits per heavy atom. The van der Waals surface area contributed by atoms with Crippen LogP contribution in [0.5, 0.6) is 0 Å².